The van der Waals surface area contributed by atoms with Crippen molar-refractivity contribution in [3.63, 3.8) is 0 Å². The molecule has 1 atom stereocenters. The number of rotatable bonds is 4. The van der Waals surface area contributed by atoms with E-state index in [0.717, 1.165) is 39.9 Å². The monoisotopic (exact) mass is 348 g/mol. The summed E-state index contributed by atoms with van der Waals surface area (Å²) in [4.78, 5) is 0. The molecular formula is C17H17BrO3. The zero-order chi connectivity index (χ0) is 14.8. The molecule has 0 radical (unpaired) electrons. The number of hydrogen-bond donors (Lipinski definition) is 1. The number of fused-ring (bicyclic) bond motifs is 1. The van der Waals surface area contributed by atoms with E-state index in [9.17, 15) is 5.11 Å². The molecule has 4 heteroatoms. The maximum atomic E-state index is 9.82. The summed E-state index contributed by atoms with van der Waals surface area (Å²) in [5.74, 6) is 1.64. The highest BCUT2D eigenvalue weighted by molar-refractivity contribution is 9.10. The third kappa shape index (κ3) is 3.06. The average Bonchev–Trinajstić information content (AvgIpc) is 2.86. The average molecular weight is 349 g/mol. The molecule has 1 N–H and O–H groups in total. The zero-order valence-electron chi connectivity index (χ0n) is 11.8. The molecule has 0 spiro atoms. The van der Waals surface area contributed by atoms with Crippen LogP contribution in [0.4, 0.5) is 0 Å². The fourth-order valence-corrected chi connectivity index (χ4v) is 3.09. The lowest BCUT2D eigenvalue weighted by molar-refractivity contribution is 0.180. The summed E-state index contributed by atoms with van der Waals surface area (Å²) in [7, 11) is 1.66. The van der Waals surface area contributed by atoms with Crippen LogP contribution in [0.5, 0.6) is 11.5 Å². The maximum Gasteiger partial charge on any atom is 0.125 e. The van der Waals surface area contributed by atoms with Gasteiger partial charge in [0, 0.05) is 10.0 Å². The van der Waals surface area contributed by atoms with Crippen LogP contribution < -0.4 is 9.47 Å². The molecule has 0 bridgehead atoms. The van der Waals surface area contributed by atoms with Crippen molar-refractivity contribution < 1.29 is 14.6 Å². The van der Waals surface area contributed by atoms with Crippen molar-refractivity contribution in [1.82, 2.24) is 0 Å². The van der Waals surface area contributed by atoms with Gasteiger partial charge in [0.2, 0.25) is 0 Å². The summed E-state index contributed by atoms with van der Waals surface area (Å²) in [5.41, 5.74) is 3.20. The molecular weight excluding hydrogens is 332 g/mol. The number of ether oxygens (including phenoxy) is 2. The van der Waals surface area contributed by atoms with E-state index in [2.05, 4.69) is 15.9 Å². The van der Waals surface area contributed by atoms with Gasteiger partial charge in [-0.25, -0.2) is 0 Å². The van der Waals surface area contributed by atoms with Crippen molar-refractivity contribution in [2.75, 3.05) is 7.11 Å². The van der Waals surface area contributed by atoms with Gasteiger partial charge >= 0.3 is 0 Å². The molecule has 0 saturated heterocycles. The highest BCUT2D eigenvalue weighted by atomic mass is 79.9. The second kappa shape index (κ2) is 6.08. The Bertz CT molecular complexity index is 654. The smallest absolute Gasteiger partial charge is 0.125 e. The third-order valence-electron chi connectivity index (χ3n) is 3.80. The van der Waals surface area contributed by atoms with Crippen LogP contribution in [0.15, 0.2) is 40.9 Å². The molecule has 21 heavy (non-hydrogen) atoms. The lowest BCUT2D eigenvalue weighted by Gasteiger charge is -2.12. The Hall–Kier alpha value is -1.52. The number of aliphatic hydroxyl groups is 1. The second-order valence-corrected chi connectivity index (χ2v) is 6.08. The molecule has 0 heterocycles. The van der Waals surface area contributed by atoms with E-state index in [0.29, 0.717) is 6.61 Å². The lowest BCUT2D eigenvalue weighted by atomic mass is 10.1. The van der Waals surface area contributed by atoms with Gasteiger partial charge in [0.05, 0.1) is 13.2 Å². The van der Waals surface area contributed by atoms with Gasteiger partial charge < -0.3 is 14.6 Å². The van der Waals surface area contributed by atoms with Crippen LogP contribution >= 0.6 is 15.9 Å². The van der Waals surface area contributed by atoms with Crippen LogP contribution in [-0.2, 0) is 13.0 Å². The first-order valence-corrected chi connectivity index (χ1v) is 7.73. The quantitative estimate of drug-likeness (QED) is 0.906. The van der Waals surface area contributed by atoms with Crippen molar-refractivity contribution in [2.24, 2.45) is 0 Å². The minimum atomic E-state index is -0.320. The van der Waals surface area contributed by atoms with Gasteiger partial charge in [-0.3, -0.25) is 0 Å². The third-order valence-corrected chi connectivity index (χ3v) is 4.29. The van der Waals surface area contributed by atoms with Crippen molar-refractivity contribution in [2.45, 2.75) is 25.6 Å². The molecule has 2 aromatic rings. The number of aryl methyl sites for hydroxylation is 1. The van der Waals surface area contributed by atoms with Crippen LogP contribution in [-0.4, -0.2) is 12.2 Å². The largest absolute Gasteiger partial charge is 0.496 e. The Labute approximate surface area is 132 Å². The summed E-state index contributed by atoms with van der Waals surface area (Å²) < 4.78 is 12.2. The van der Waals surface area contributed by atoms with Crippen molar-refractivity contribution in [1.29, 1.82) is 0 Å². The van der Waals surface area contributed by atoms with E-state index in [-0.39, 0.29) is 6.10 Å². The molecule has 0 unspecified atom stereocenters. The highest BCUT2D eigenvalue weighted by Gasteiger charge is 2.20. The molecule has 0 amide bonds. The maximum absolute atomic E-state index is 9.82. The van der Waals surface area contributed by atoms with Crippen molar-refractivity contribution >= 4 is 15.9 Å². The fourth-order valence-electron chi connectivity index (χ4n) is 2.68. The van der Waals surface area contributed by atoms with Crippen molar-refractivity contribution in [3.05, 3.63) is 57.6 Å². The fraction of sp³-hybridized carbons (Fsp3) is 0.294. The van der Waals surface area contributed by atoms with Gasteiger partial charge in [0.1, 0.15) is 18.1 Å². The molecule has 1 aliphatic rings. The lowest BCUT2D eigenvalue weighted by Crippen LogP contribution is -1.99. The van der Waals surface area contributed by atoms with Crippen LogP contribution in [0, 0.1) is 0 Å². The van der Waals surface area contributed by atoms with Crippen LogP contribution in [0.2, 0.25) is 0 Å². The van der Waals surface area contributed by atoms with Gasteiger partial charge in [0.25, 0.3) is 0 Å². The predicted molar refractivity (Wildman–Crippen MR) is 84.7 cm³/mol. The van der Waals surface area contributed by atoms with Gasteiger partial charge in [-0.15, -0.1) is 0 Å². The number of hydrogen-bond acceptors (Lipinski definition) is 3. The van der Waals surface area contributed by atoms with E-state index >= 15 is 0 Å². The summed E-state index contributed by atoms with van der Waals surface area (Å²) in [6.45, 7) is 0.448. The Morgan fingerprint density at radius 3 is 2.90 bits per heavy atom. The van der Waals surface area contributed by atoms with E-state index < -0.39 is 0 Å². The Balaban J connectivity index is 1.75. The first-order chi connectivity index (χ1) is 10.2. The zero-order valence-corrected chi connectivity index (χ0v) is 13.4. The molecule has 0 aliphatic heterocycles. The standard InChI is InChI=1S/C17H17BrO3/c1-20-17-7-3-13(18)8-12(17)10-21-14-4-5-15-11(9-14)2-6-16(15)19/h3-5,7-9,16,19H,2,6,10H2,1H3/t16-/m1/s1. The Morgan fingerprint density at radius 1 is 1.24 bits per heavy atom. The molecule has 2 aromatic carbocycles. The molecule has 0 saturated carbocycles. The van der Waals surface area contributed by atoms with Gasteiger partial charge in [-0.05, 0) is 54.3 Å². The Kier molecular flexibility index (Phi) is 4.17. The minimum Gasteiger partial charge on any atom is -0.496 e. The summed E-state index contributed by atoms with van der Waals surface area (Å²) in [6.07, 6.45) is 1.39. The molecule has 3 rings (SSSR count). The number of halogens is 1. The van der Waals surface area contributed by atoms with Gasteiger partial charge in [0.15, 0.2) is 0 Å². The summed E-state index contributed by atoms with van der Waals surface area (Å²) >= 11 is 3.46. The number of benzene rings is 2. The Morgan fingerprint density at radius 2 is 2.10 bits per heavy atom. The predicted octanol–water partition coefficient (Wildman–Crippen LogP) is 4.02. The van der Waals surface area contributed by atoms with Crippen LogP contribution in [0.25, 0.3) is 0 Å². The van der Waals surface area contributed by atoms with Crippen LogP contribution in [0.1, 0.15) is 29.2 Å². The summed E-state index contributed by atoms with van der Waals surface area (Å²) in [6, 6.07) is 11.8. The SMILES string of the molecule is COc1ccc(Br)cc1COc1ccc2c(c1)CC[C@H]2O. The molecule has 1 aliphatic carbocycles. The highest BCUT2D eigenvalue weighted by Crippen LogP contribution is 2.33. The van der Waals surface area contributed by atoms with E-state index in [1.54, 1.807) is 7.11 Å². The molecule has 0 aromatic heterocycles. The molecule has 0 fully saturated rings. The first kappa shape index (κ1) is 14.4. The topological polar surface area (TPSA) is 38.7 Å². The second-order valence-electron chi connectivity index (χ2n) is 5.16. The van der Waals surface area contributed by atoms with E-state index in [4.69, 9.17) is 9.47 Å². The summed E-state index contributed by atoms with van der Waals surface area (Å²) in [5, 5.41) is 9.82. The molecule has 110 valence electrons. The first-order valence-electron chi connectivity index (χ1n) is 6.93. The van der Waals surface area contributed by atoms with E-state index in [1.807, 2.05) is 36.4 Å². The van der Waals surface area contributed by atoms with Gasteiger partial charge in [-0.2, -0.15) is 0 Å². The van der Waals surface area contributed by atoms with Crippen LogP contribution in [0.3, 0.4) is 0 Å². The minimum absolute atomic E-state index is 0.320. The van der Waals surface area contributed by atoms with E-state index in [1.165, 1.54) is 5.56 Å². The van der Waals surface area contributed by atoms with Gasteiger partial charge in [-0.1, -0.05) is 22.0 Å². The number of aliphatic hydroxyl groups excluding tert-OH is 1. The number of methoxy groups -OCH3 is 1. The van der Waals surface area contributed by atoms with Crippen molar-refractivity contribution in [3.8, 4) is 11.5 Å². The normalized spacial score (nSPS) is 16.6. The molecule has 3 nitrogen and oxygen atoms in total.